The van der Waals surface area contributed by atoms with Crippen molar-refractivity contribution >= 4 is 23.5 Å². The number of rotatable bonds is 7. The molecule has 0 aliphatic rings. The van der Waals surface area contributed by atoms with E-state index in [2.05, 4.69) is 15.6 Å². The number of amides is 1. The van der Waals surface area contributed by atoms with Crippen molar-refractivity contribution in [3.63, 3.8) is 0 Å². The van der Waals surface area contributed by atoms with Crippen LogP contribution in [0.15, 0.2) is 41.1 Å². The highest BCUT2D eigenvalue weighted by Crippen LogP contribution is 2.26. The first-order chi connectivity index (χ1) is 15.1. The summed E-state index contributed by atoms with van der Waals surface area (Å²) in [5.41, 5.74) is 0.931. The highest BCUT2D eigenvalue weighted by atomic mass is 35.5. The van der Waals surface area contributed by atoms with Crippen molar-refractivity contribution < 1.29 is 18.8 Å². The Morgan fingerprint density at radius 1 is 1.34 bits per heavy atom. The molecule has 0 bridgehead atoms. The average Bonchev–Trinajstić information content (AvgIpc) is 3.37. The molecule has 0 spiro atoms. The molecule has 9 nitrogen and oxygen atoms in total. The van der Waals surface area contributed by atoms with E-state index in [1.54, 1.807) is 42.9 Å². The van der Waals surface area contributed by atoms with Gasteiger partial charge in [-0.15, -0.1) is 0 Å². The summed E-state index contributed by atoms with van der Waals surface area (Å²) in [7, 11) is 0. The van der Waals surface area contributed by atoms with Crippen molar-refractivity contribution in [1.82, 2.24) is 20.3 Å². The second-order valence-corrected chi connectivity index (χ2v) is 8.19. The summed E-state index contributed by atoms with van der Waals surface area (Å²) in [5.74, 6) is -0.617. The number of nitriles is 1. The Balaban J connectivity index is 1.62. The van der Waals surface area contributed by atoms with Crippen LogP contribution in [-0.2, 0) is 21.7 Å². The molecule has 0 unspecified atom stereocenters. The third-order valence-electron chi connectivity index (χ3n) is 4.60. The van der Waals surface area contributed by atoms with Gasteiger partial charge in [0.25, 0.3) is 5.91 Å². The quantitative estimate of drug-likeness (QED) is 0.539. The van der Waals surface area contributed by atoms with Crippen LogP contribution in [0.3, 0.4) is 0 Å². The lowest BCUT2D eigenvalue weighted by atomic mass is 10.1. The summed E-state index contributed by atoms with van der Waals surface area (Å²) in [5, 5.41) is 20.5. The van der Waals surface area contributed by atoms with Crippen LogP contribution < -0.4 is 5.32 Å². The van der Waals surface area contributed by atoms with Crippen LogP contribution in [0, 0.1) is 11.3 Å². The van der Waals surface area contributed by atoms with Gasteiger partial charge in [0, 0.05) is 30.8 Å². The maximum Gasteiger partial charge on any atom is 0.303 e. The van der Waals surface area contributed by atoms with Crippen molar-refractivity contribution in [2.24, 2.45) is 0 Å². The number of esters is 1. The van der Waals surface area contributed by atoms with Crippen LogP contribution in [-0.4, -0.2) is 32.9 Å². The fourth-order valence-corrected chi connectivity index (χ4v) is 3.30. The molecule has 10 heteroatoms. The van der Waals surface area contributed by atoms with Gasteiger partial charge in [0.05, 0.1) is 22.8 Å². The molecule has 32 heavy (non-hydrogen) atoms. The fraction of sp³-hybridized carbons (Fsp3) is 0.318. The van der Waals surface area contributed by atoms with E-state index in [9.17, 15) is 9.59 Å². The number of aromatic nitrogens is 3. The first-order valence-corrected chi connectivity index (χ1v) is 10.2. The van der Waals surface area contributed by atoms with Crippen LogP contribution in [0.1, 0.15) is 49.5 Å². The lowest BCUT2D eigenvalue weighted by Gasteiger charge is -2.20. The summed E-state index contributed by atoms with van der Waals surface area (Å²) in [6.45, 7) is 6.84. The SMILES string of the molecule is CC(=O)OC(C)(C)c1cc(C(=O)N[C@@H](C)Cn2ccc(-c3ccc(C#N)c(Cl)c3)n2)no1. The van der Waals surface area contributed by atoms with Crippen LogP contribution >= 0.6 is 11.6 Å². The van der Waals surface area contributed by atoms with E-state index in [0.29, 0.717) is 22.8 Å². The zero-order valence-electron chi connectivity index (χ0n) is 18.0. The molecule has 2 aromatic heterocycles. The van der Waals surface area contributed by atoms with Gasteiger partial charge < -0.3 is 14.6 Å². The van der Waals surface area contributed by atoms with Gasteiger partial charge in [-0.2, -0.15) is 10.4 Å². The van der Waals surface area contributed by atoms with E-state index in [1.807, 2.05) is 19.1 Å². The van der Waals surface area contributed by atoms with E-state index >= 15 is 0 Å². The number of ether oxygens (including phenoxy) is 1. The Bertz CT molecular complexity index is 1190. The summed E-state index contributed by atoms with van der Waals surface area (Å²) < 4.78 is 12.1. The van der Waals surface area contributed by atoms with Crippen molar-refractivity contribution in [1.29, 1.82) is 5.26 Å². The van der Waals surface area contributed by atoms with Crippen molar-refractivity contribution in [2.45, 2.75) is 45.9 Å². The van der Waals surface area contributed by atoms with Gasteiger partial charge in [0.15, 0.2) is 17.1 Å². The number of benzene rings is 1. The van der Waals surface area contributed by atoms with Crippen LogP contribution in [0.5, 0.6) is 0 Å². The van der Waals surface area contributed by atoms with Gasteiger partial charge in [-0.25, -0.2) is 0 Å². The number of nitrogens with zero attached hydrogens (tertiary/aromatic N) is 4. The van der Waals surface area contributed by atoms with Crippen LogP contribution in [0.4, 0.5) is 0 Å². The number of nitrogens with one attached hydrogen (secondary N) is 1. The molecule has 0 radical (unpaired) electrons. The molecule has 3 aromatic rings. The van der Waals surface area contributed by atoms with E-state index in [4.69, 9.17) is 26.1 Å². The Morgan fingerprint density at radius 2 is 2.09 bits per heavy atom. The average molecular weight is 456 g/mol. The Labute approximate surface area is 189 Å². The summed E-state index contributed by atoms with van der Waals surface area (Å²) in [6, 6.07) is 10.2. The molecule has 2 heterocycles. The van der Waals surface area contributed by atoms with E-state index in [0.717, 1.165) is 5.56 Å². The van der Waals surface area contributed by atoms with Gasteiger partial charge in [-0.05, 0) is 39.0 Å². The standard InChI is InChI=1S/C22H22ClN5O4/c1-13(25-21(30)19-10-20(32-27-19)22(3,4)31-14(2)29)12-28-8-7-18(26-28)15-5-6-16(11-24)17(23)9-15/h5-10,13H,12H2,1-4H3,(H,25,30)/t13-/m0/s1. The second-order valence-electron chi connectivity index (χ2n) is 7.78. The molecule has 0 fully saturated rings. The highest BCUT2D eigenvalue weighted by Gasteiger charge is 2.30. The topological polar surface area (TPSA) is 123 Å². The smallest absolute Gasteiger partial charge is 0.303 e. The van der Waals surface area contributed by atoms with E-state index < -0.39 is 17.5 Å². The van der Waals surface area contributed by atoms with Crippen LogP contribution in [0.2, 0.25) is 5.02 Å². The van der Waals surface area contributed by atoms with E-state index in [-0.39, 0.29) is 17.5 Å². The molecule has 3 rings (SSSR count). The molecule has 166 valence electrons. The molecule has 1 atom stereocenters. The van der Waals surface area contributed by atoms with Crippen molar-refractivity contribution in [3.05, 3.63) is 58.6 Å². The predicted molar refractivity (Wildman–Crippen MR) is 116 cm³/mol. The molecule has 0 aliphatic carbocycles. The van der Waals surface area contributed by atoms with Gasteiger partial charge >= 0.3 is 5.97 Å². The number of hydrogen-bond acceptors (Lipinski definition) is 7. The first-order valence-electron chi connectivity index (χ1n) is 9.80. The number of carbonyl (C=O) groups is 2. The lowest BCUT2D eigenvalue weighted by Crippen LogP contribution is -2.36. The zero-order chi connectivity index (χ0) is 23.5. The molecular weight excluding hydrogens is 434 g/mol. The van der Waals surface area contributed by atoms with Crippen molar-refractivity contribution in [3.8, 4) is 17.3 Å². The van der Waals surface area contributed by atoms with Gasteiger partial charge in [0.1, 0.15) is 6.07 Å². The molecule has 1 aromatic carbocycles. The predicted octanol–water partition coefficient (Wildman–Crippen LogP) is 3.68. The number of halogens is 1. The van der Waals surface area contributed by atoms with Crippen LogP contribution in [0.25, 0.3) is 11.3 Å². The molecule has 1 N–H and O–H groups in total. The third-order valence-corrected chi connectivity index (χ3v) is 4.91. The minimum Gasteiger partial charge on any atom is -0.452 e. The largest absolute Gasteiger partial charge is 0.452 e. The van der Waals surface area contributed by atoms with Gasteiger partial charge in [-0.3, -0.25) is 14.3 Å². The monoisotopic (exact) mass is 455 g/mol. The number of carbonyl (C=O) groups excluding carboxylic acids is 2. The third kappa shape index (κ3) is 5.34. The Kier molecular flexibility index (Phi) is 6.65. The molecule has 0 saturated carbocycles. The molecule has 0 saturated heterocycles. The maximum absolute atomic E-state index is 12.5. The van der Waals surface area contributed by atoms with E-state index in [1.165, 1.54) is 13.0 Å². The lowest BCUT2D eigenvalue weighted by molar-refractivity contribution is -0.156. The summed E-state index contributed by atoms with van der Waals surface area (Å²) in [4.78, 5) is 23.8. The molecule has 1 amide bonds. The summed E-state index contributed by atoms with van der Waals surface area (Å²) >= 11 is 6.10. The van der Waals surface area contributed by atoms with Gasteiger partial charge in [-0.1, -0.05) is 22.8 Å². The minimum atomic E-state index is -1.04. The van der Waals surface area contributed by atoms with Crippen molar-refractivity contribution in [2.75, 3.05) is 0 Å². The number of hydrogen-bond donors (Lipinski definition) is 1. The maximum atomic E-state index is 12.5. The highest BCUT2D eigenvalue weighted by molar-refractivity contribution is 6.32. The molecule has 0 aliphatic heterocycles. The Morgan fingerprint density at radius 3 is 2.75 bits per heavy atom. The van der Waals surface area contributed by atoms with Gasteiger partial charge in [0.2, 0.25) is 0 Å². The zero-order valence-corrected chi connectivity index (χ0v) is 18.8. The summed E-state index contributed by atoms with van der Waals surface area (Å²) in [6.07, 6.45) is 1.79. The fourth-order valence-electron chi connectivity index (χ4n) is 3.08. The Hall–Kier alpha value is -3.64. The second kappa shape index (κ2) is 9.24. The first kappa shape index (κ1) is 23.0. The minimum absolute atomic E-state index is 0.0838. The molecular formula is C22H22ClN5O4. The normalized spacial score (nSPS) is 12.1.